The minimum atomic E-state index is 0.220. The molecule has 0 spiro atoms. The lowest BCUT2D eigenvalue weighted by Crippen LogP contribution is -2.26. The van der Waals surface area contributed by atoms with E-state index in [2.05, 4.69) is 20.3 Å². The summed E-state index contributed by atoms with van der Waals surface area (Å²) < 4.78 is 11.0. The van der Waals surface area contributed by atoms with Crippen molar-refractivity contribution in [3.63, 3.8) is 0 Å². The highest BCUT2D eigenvalue weighted by atomic mass is 16.5. The van der Waals surface area contributed by atoms with Crippen molar-refractivity contribution >= 4 is 11.9 Å². The summed E-state index contributed by atoms with van der Waals surface area (Å²) in [6, 6.07) is 0.345. The average Bonchev–Trinajstić information content (AvgIpc) is 2.44. The molecule has 0 atom stereocenters. The van der Waals surface area contributed by atoms with Crippen LogP contribution >= 0.6 is 0 Å². The molecule has 0 aliphatic carbocycles. The number of anilines is 2. The molecule has 20 heavy (non-hydrogen) atoms. The van der Waals surface area contributed by atoms with Crippen LogP contribution in [0.25, 0.3) is 0 Å². The van der Waals surface area contributed by atoms with E-state index in [-0.39, 0.29) is 6.10 Å². The van der Waals surface area contributed by atoms with Crippen LogP contribution in [0.4, 0.5) is 11.9 Å². The summed E-state index contributed by atoms with van der Waals surface area (Å²) in [5, 5.41) is 2.91. The molecule has 0 aromatic carbocycles. The highest BCUT2D eigenvalue weighted by Gasteiger charge is 2.10. The summed E-state index contributed by atoms with van der Waals surface area (Å²) in [5.74, 6) is 1.07. The number of hydrogen-bond acceptors (Lipinski definition) is 7. The molecule has 7 heteroatoms. The minimum Gasteiger partial charge on any atom is -0.463 e. The summed E-state index contributed by atoms with van der Waals surface area (Å²) in [5.41, 5.74) is 0. The molecular formula is C13H25N5O2. The van der Waals surface area contributed by atoms with E-state index in [0.717, 1.165) is 6.42 Å². The zero-order chi connectivity index (χ0) is 15.0. The SMILES string of the molecule is CCCOc1nc(NC)nc(N(C)CCOC(C)C)n1. The lowest BCUT2D eigenvalue weighted by Gasteiger charge is -2.18. The minimum absolute atomic E-state index is 0.220. The van der Waals surface area contributed by atoms with Crippen LogP contribution in [0, 0.1) is 0 Å². The van der Waals surface area contributed by atoms with E-state index < -0.39 is 0 Å². The van der Waals surface area contributed by atoms with Crippen LogP contribution in [-0.2, 0) is 4.74 Å². The van der Waals surface area contributed by atoms with Gasteiger partial charge in [0.2, 0.25) is 11.9 Å². The van der Waals surface area contributed by atoms with Gasteiger partial charge in [0, 0.05) is 20.6 Å². The molecule has 1 N–H and O–H groups in total. The number of hydrogen-bond donors (Lipinski definition) is 1. The average molecular weight is 283 g/mol. The Morgan fingerprint density at radius 3 is 2.55 bits per heavy atom. The molecular weight excluding hydrogens is 258 g/mol. The van der Waals surface area contributed by atoms with Gasteiger partial charge in [-0.2, -0.15) is 15.0 Å². The van der Waals surface area contributed by atoms with Gasteiger partial charge in [-0.05, 0) is 20.3 Å². The van der Waals surface area contributed by atoms with Gasteiger partial charge in [0.1, 0.15) is 0 Å². The molecule has 7 nitrogen and oxygen atoms in total. The van der Waals surface area contributed by atoms with Gasteiger partial charge in [0.05, 0.1) is 19.3 Å². The second-order valence-corrected chi connectivity index (χ2v) is 4.68. The lowest BCUT2D eigenvalue weighted by atomic mass is 10.5. The van der Waals surface area contributed by atoms with Gasteiger partial charge in [-0.3, -0.25) is 0 Å². The van der Waals surface area contributed by atoms with Crippen LogP contribution in [0.5, 0.6) is 6.01 Å². The number of nitrogens with zero attached hydrogens (tertiary/aromatic N) is 4. The number of ether oxygens (including phenoxy) is 2. The van der Waals surface area contributed by atoms with Crippen LogP contribution in [0.15, 0.2) is 0 Å². The molecule has 1 aromatic heterocycles. The Balaban J connectivity index is 2.70. The zero-order valence-electron chi connectivity index (χ0n) is 13.0. The van der Waals surface area contributed by atoms with Gasteiger partial charge < -0.3 is 19.7 Å². The molecule has 0 saturated heterocycles. The predicted molar refractivity (Wildman–Crippen MR) is 79.5 cm³/mol. The molecule has 114 valence electrons. The van der Waals surface area contributed by atoms with Crippen molar-refractivity contribution in [2.75, 3.05) is 44.1 Å². The summed E-state index contributed by atoms with van der Waals surface area (Å²) in [6.07, 6.45) is 1.13. The Morgan fingerprint density at radius 1 is 1.20 bits per heavy atom. The van der Waals surface area contributed by atoms with Crippen LogP contribution in [0.1, 0.15) is 27.2 Å². The maximum absolute atomic E-state index is 5.53. The molecule has 0 amide bonds. The summed E-state index contributed by atoms with van der Waals surface area (Å²) in [4.78, 5) is 14.7. The monoisotopic (exact) mass is 283 g/mol. The summed E-state index contributed by atoms with van der Waals surface area (Å²) in [7, 11) is 3.69. The summed E-state index contributed by atoms with van der Waals surface area (Å²) in [6.45, 7) is 7.99. The largest absolute Gasteiger partial charge is 0.463 e. The standard InChI is InChI=1S/C13H25N5O2/c1-6-8-20-13-16-11(14-4)15-12(17-13)18(5)7-9-19-10(2)3/h10H,6-9H2,1-5H3,(H,14,15,16,17). The quantitative estimate of drug-likeness (QED) is 0.737. The van der Waals surface area contributed by atoms with Crippen LogP contribution < -0.4 is 15.0 Å². The number of likely N-dealkylation sites (N-methyl/N-ethyl adjacent to an activating group) is 1. The molecule has 0 unspecified atom stereocenters. The van der Waals surface area contributed by atoms with Crippen molar-refractivity contribution in [2.45, 2.75) is 33.3 Å². The number of rotatable bonds is 9. The van der Waals surface area contributed by atoms with Crippen LogP contribution in [0.3, 0.4) is 0 Å². The Hall–Kier alpha value is -1.63. The van der Waals surface area contributed by atoms with Crippen molar-refractivity contribution in [2.24, 2.45) is 0 Å². The van der Waals surface area contributed by atoms with Crippen molar-refractivity contribution in [3.8, 4) is 6.01 Å². The molecule has 1 rings (SSSR count). The molecule has 1 aromatic rings. The number of aromatic nitrogens is 3. The Kier molecular flexibility index (Phi) is 7.00. The van der Waals surface area contributed by atoms with Crippen LogP contribution in [0.2, 0.25) is 0 Å². The first-order valence-electron chi connectivity index (χ1n) is 6.96. The Labute approximate surface area is 120 Å². The van der Waals surface area contributed by atoms with E-state index in [4.69, 9.17) is 9.47 Å². The fourth-order valence-corrected chi connectivity index (χ4v) is 1.41. The maximum Gasteiger partial charge on any atom is 0.323 e. The topological polar surface area (TPSA) is 72.4 Å². The third kappa shape index (κ3) is 5.56. The highest BCUT2D eigenvalue weighted by molar-refractivity contribution is 5.37. The first-order valence-corrected chi connectivity index (χ1v) is 6.96. The van der Waals surface area contributed by atoms with E-state index in [0.29, 0.717) is 37.7 Å². The van der Waals surface area contributed by atoms with Gasteiger partial charge in [-0.1, -0.05) is 6.92 Å². The molecule has 0 fully saturated rings. The smallest absolute Gasteiger partial charge is 0.323 e. The van der Waals surface area contributed by atoms with E-state index in [9.17, 15) is 0 Å². The fourth-order valence-electron chi connectivity index (χ4n) is 1.41. The van der Waals surface area contributed by atoms with E-state index in [1.807, 2.05) is 32.7 Å². The zero-order valence-corrected chi connectivity index (χ0v) is 13.0. The summed E-state index contributed by atoms with van der Waals surface area (Å²) >= 11 is 0. The predicted octanol–water partition coefficient (Wildman–Crippen LogP) is 1.56. The molecule has 1 heterocycles. The highest BCUT2D eigenvalue weighted by Crippen LogP contribution is 2.13. The van der Waals surface area contributed by atoms with Gasteiger partial charge >= 0.3 is 6.01 Å². The van der Waals surface area contributed by atoms with Crippen molar-refractivity contribution < 1.29 is 9.47 Å². The maximum atomic E-state index is 5.53. The van der Waals surface area contributed by atoms with Crippen LogP contribution in [-0.4, -0.2) is 54.9 Å². The molecule has 0 bridgehead atoms. The first kappa shape index (κ1) is 16.4. The van der Waals surface area contributed by atoms with Gasteiger partial charge in [-0.25, -0.2) is 0 Å². The van der Waals surface area contributed by atoms with Gasteiger partial charge in [0.15, 0.2) is 0 Å². The van der Waals surface area contributed by atoms with E-state index >= 15 is 0 Å². The lowest BCUT2D eigenvalue weighted by molar-refractivity contribution is 0.0844. The van der Waals surface area contributed by atoms with Crippen molar-refractivity contribution in [1.29, 1.82) is 0 Å². The molecule has 0 aliphatic heterocycles. The Bertz CT molecular complexity index is 400. The second-order valence-electron chi connectivity index (χ2n) is 4.68. The van der Waals surface area contributed by atoms with E-state index in [1.165, 1.54) is 0 Å². The third-order valence-electron chi connectivity index (χ3n) is 2.48. The van der Waals surface area contributed by atoms with Crippen molar-refractivity contribution in [3.05, 3.63) is 0 Å². The first-order chi connectivity index (χ1) is 9.56. The van der Waals surface area contributed by atoms with Gasteiger partial charge in [0.25, 0.3) is 0 Å². The molecule has 0 radical (unpaired) electrons. The van der Waals surface area contributed by atoms with E-state index in [1.54, 1.807) is 7.05 Å². The number of nitrogens with one attached hydrogen (secondary N) is 1. The second kappa shape index (κ2) is 8.52. The molecule has 0 saturated carbocycles. The fraction of sp³-hybridized carbons (Fsp3) is 0.769. The van der Waals surface area contributed by atoms with Crippen molar-refractivity contribution in [1.82, 2.24) is 15.0 Å². The molecule has 0 aliphatic rings. The normalized spacial score (nSPS) is 10.7. The Morgan fingerprint density at radius 2 is 1.95 bits per heavy atom. The third-order valence-corrected chi connectivity index (χ3v) is 2.48. The van der Waals surface area contributed by atoms with Gasteiger partial charge in [-0.15, -0.1) is 0 Å².